The molecular weight excluding hydrogens is 338 g/mol. The molecule has 0 fully saturated rings. The number of hydrogen-bond acceptors (Lipinski definition) is 3. The Hall–Kier alpha value is -1.10. The largest absolute Gasteiger partial charge is 0.383 e. The molecule has 0 aliphatic carbocycles. The minimum Gasteiger partial charge on any atom is -0.383 e. The summed E-state index contributed by atoms with van der Waals surface area (Å²) in [6.07, 6.45) is 1.56. The number of rotatable bonds is 3. The molecule has 106 valence electrons. The van der Waals surface area contributed by atoms with Gasteiger partial charge in [-0.1, -0.05) is 39.7 Å². The molecule has 1 aromatic heterocycles. The van der Waals surface area contributed by atoms with Gasteiger partial charge in [0.25, 0.3) is 0 Å². The highest BCUT2D eigenvalue weighted by molar-refractivity contribution is 9.10. The van der Waals surface area contributed by atoms with Crippen LogP contribution in [0.3, 0.4) is 0 Å². The zero-order chi connectivity index (χ0) is 14.9. The molecule has 1 aromatic carbocycles. The highest BCUT2D eigenvalue weighted by Gasteiger charge is 2.17. The molecule has 2 aromatic rings. The molecule has 0 saturated heterocycles. The van der Waals surface area contributed by atoms with Crippen molar-refractivity contribution in [1.29, 1.82) is 0 Å². The molecule has 0 aliphatic rings. The zero-order valence-corrected chi connectivity index (χ0v) is 14.0. The van der Waals surface area contributed by atoms with Gasteiger partial charge in [0.2, 0.25) is 0 Å². The van der Waals surface area contributed by atoms with E-state index in [1.807, 2.05) is 13.1 Å². The van der Waals surface area contributed by atoms with Crippen LogP contribution in [0.15, 0.2) is 28.9 Å². The molecule has 0 radical (unpaired) electrons. The Morgan fingerprint density at radius 2 is 1.85 bits per heavy atom. The fourth-order valence-corrected chi connectivity index (χ4v) is 2.74. The summed E-state index contributed by atoms with van der Waals surface area (Å²) in [6, 6.07) is 6.10. The highest BCUT2D eigenvalue weighted by atomic mass is 79.9. The summed E-state index contributed by atoms with van der Waals surface area (Å²) in [7, 11) is 1.90. The Balaban J connectivity index is 2.55. The number of pyridine rings is 1. The number of nitrogens with two attached hydrogens (primary N) is 1. The van der Waals surface area contributed by atoms with Gasteiger partial charge in [0.1, 0.15) is 5.82 Å². The second kappa shape index (κ2) is 6.12. The molecule has 0 bridgehead atoms. The minimum atomic E-state index is -0.0355. The maximum absolute atomic E-state index is 6.04. The summed E-state index contributed by atoms with van der Waals surface area (Å²) in [5.41, 5.74) is 10.4. The van der Waals surface area contributed by atoms with E-state index in [1.54, 1.807) is 6.20 Å². The summed E-state index contributed by atoms with van der Waals surface area (Å²) in [4.78, 5) is 4.13. The molecule has 0 saturated carbocycles. The lowest BCUT2D eigenvalue weighted by atomic mass is 9.96. The number of aromatic nitrogens is 1. The fraction of sp³-hybridized carbons (Fsp3) is 0.267. The smallest absolute Gasteiger partial charge is 0.128 e. The second-order valence-electron chi connectivity index (χ2n) is 4.82. The predicted octanol–water partition coefficient (Wildman–Crippen LogP) is 4.01. The van der Waals surface area contributed by atoms with Crippen molar-refractivity contribution >= 4 is 33.3 Å². The Morgan fingerprint density at radius 3 is 2.40 bits per heavy atom. The SMILES string of the molecule is CNC(c1cc(C)c(Br)c(C)c1)c1cc(Cl)cnc1N. The van der Waals surface area contributed by atoms with Crippen molar-refractivity contribution < 1.29 is 0 Å². The van der Waals surface area contributed by atoms with Crippen LogP contribution in [-0.2, 0) is 0 Å². The summed E-state index contributed by atoms with van der Waals surface area (Å²) >= 11 is 9.63. The van der Waals surface area contributed by atoms with Crippen LogP contribution < -0.4 is 11.1 Å². The first-order valence-corrected chi connectivity index (χ1v) is 7.46. The molecular formula is C15H17BrClN3. The highest BCUT2D eigenvalue weighted by Crippen LogP contribution is 2.31. The average molecular weight is 355 g/mol. The maximum Gasteiger partial charge on any atom is 0.128 e. The van der Waals surface area contributed by atoms with Gasteiger partial charge in [-0.05, 0) is 43.7 Å². The molecule has 3 N–H and O–H groups in total. The van der Waals surface area contributed by atoms with Crippen LogP contribution in [0.2, 0.25) is 5.02 Å². The van der Waals surface area contributed by atoms with Crippen LogP contribution in [0, 0.1) is 13.8 Å². The van der Waals surface area contributed by atoms with E-state index in [9.17, 15) is 0 Å². The molecule has 1 unspecified atom stereocenters. The Bertz CT molecular complexity index is 620. The summed E-state index contributed by atoms with van der Waals surface area (Å²) in [5.74, 6) is 0.493. The number of hydrogen-bond donors (Lipinski definition) is 2. The number of nitrogen functional groups attached to an aromatic ring is 1. The van der Waals surface area contributed by atoms with Crippen molar-refractivity contribution in [2.75, 3.05) is 12.8 Å². The summed E-state index contributed by atoms with van der Waals surface area (Å²) < 4.78 is 1.13. The van der Waals surface area contributed by atoms with E-state index in [1.165, 1.54) is 11.1 Å². The first-order valence-electron chi connectivity index (χ1n) is 6.29. The predicted molar refractivity (Wildman–Crippen MR) is 88.2 cm³/mol. The lowest BCUT2D eigenvalue weighted by Gasteiger charge is -2.20. The van der Waals surface area contributed by atoms with Crippen molar-refractivity contribution in [2.24, 2.45) is 0 Å². The zero-order valence-electron chi connectivity index (χ0n) is 11.7. The molecule has 2 rings (SSSR count). The number of nitrogens with one attached hydrogen (secondary N) is 1. The monoisotopic (exact) mass is 353 g/mol. The van der Waals surface area contributed by atoms with Crippen LogP contribution in [0.5, 0.6) is 0 Å². The maximum atomic E-state index is 6.04. The van der Waals surface area contributed by atoms with Gasteiger partial charge in [0.15, 0.2) is 0 Å². The number of anilines is 1. The van der Waals surface area contributed by atoms with E-state index in [4.69, 9.17) is 17.3 Å². The van der Waals surface area contributed by atoms with Gasteiger partial charge < -0.3 is 11.1 Å². The van der Waals surface area contributed by atoms with Crippen molar-refractivity contribution in [3.05, 3.63) is 56.1 Å². The van der Waals surface area contributed by atoms with Gasteiger partial charge in [-0.2, -0.15) is 0 Å². The standard InChI is InChI=1S/C15H17BrClN3/c1-8-4-10(5-9(2)13(8)16)14(19-3)12-6-11(17)7-20-15(12)18/h4-7,14,19H,1-3H3,(H2,18,20). The first kappa shape index (κ1) is 15.3. The summed E-state index contributed by atoms with van der Waals surface area (Å²) in [5, 5.41) is 3.87. The molecule has 3 nitrogen and oxygen atoms in total. The van der Waals surface area contributed by atoms with Gasteiger partial charge in [-0.25, -0.2) is 4.98 Å². The minimum absolute atomic E-state index is 0.0355. The van der Waals surface area contributed by atoms with E-state index < -0.39 is 0 Å². The van der Waals surface area contributed by atoms with E-state index >= 15 is 0 Å². The molecule has 0 amide bonds. The van der Waals surface area contributed by atoms with Crippen LogP contribution in [0.1, 0.15) is 28.3 Å². The fourth-order valence-electron chi connectivity index (χ4n) is 2.34. The lowest BCUT2D eigenvalue weighted by molar-refractivity contribution is 0.690. The van der Waals surface area contributed by atoms with Gasteiger partial charge in [-0.15, -0.1) is 0 Å². The van der Waals surface area contributed by atoms with E-state index in [-0.39, 0.29) is 6.04 Å². The van der Waals surface area contributed by atoms with Crippen molar-refractivity contribution in [3.63, 3.8) is 0 Å². The Morgan fingerprint density at radius 1 is 1.25 bits per heavy atom. The van der Waals surface area contributed by atoms with Crippen LogP contribution >= 0.6 is 27.5 Å². The van der Waals surface area contributed by atoms with E-state index in [0.717, 1.165) is 15.6 Å². The van der Waals surface area contributed by atoms with Gasteiger partial charge in [0, 0.05) is 16.2 Å². The first-order chi connectivity index (χ1) is 9.43. The van der Waals surface area contributed by atoms with Crippen molar-refractivity contribution in [3.8, 4) is 0 Å². The molecule has 20 heavy (non-hydrogen) atoms. The van der Waals surface area contributed by atoms with Crippen molar-refractivity contribution in [1.82, 2.24) is 10.3 Å². The summed E-state index contributed by atoms with van der Waals surface area (Å²) in [6.45, 7) is 4.15. The number of benzene rings is 1. The number of aryl methyl sites for hydroxylation is 2. The van der Waals surface area contributed by atoms with Gasteiger partial charge >= 0.3 is 0 Å². The Kier molecular flexibility index (Phi) is 4.68. The molecule has 5 heteroatoms. The van der Waals surface area contributed by atoms with E-state index in [2.05, 4.69) is 52.2 Å². The third-order valence-corrected chi connectivity index (χ3v) is 4.77. The normalized spacial score (nSPS) is 12.4. The third-order valence-electron chi connectivity index (χ3n) is 3.31. The van der Waals surface area contributed by atoms with Crippen molar-refractivity contribution in [2.45, 2.75) is 19.9 Å². The average Bonchev–Trinajstić information content (AvgIpc) is 2.40. The Labute approximate surface area is 132 Å². The topological polar surface area (TPSA) is 50.9 Å². The molecule has 0 aliphatic heterocycles. The number of halogens is 2. The number of nitrogens with zero attached hydrogens (tertiary/aromatic N) is 1. The second-order valence-corrected chi connectivity index (χ2v) is 6.05. The van der Waals surface area contributed by atoms with Crippen LogP contribution in [-0.4, -0.2) is 12.0 Å². The van der Waals surface area contributed by atoms with E-state index in [0.29, 0.717) is 10.8 Å². The molecule has 0 spiro atoms. The van der Waals surface area contributed by atoms with Gasteiger partial charge in [0.05, 0.1) is 11.1 Å². The quantitative estimate of drug-likeness (QED) is 0.875. The molecule has 1 atom stereocenters. The molecule has 1 heterocycles. The van der Waals surface area contributed by atoms with Crippen LogP contribution in [0.4, 0.5) is 5.82 Å². The lowest BCUT2D eigenvalue weighted by Crippen LogP contribution is -2.20. The third kappa shape index (κ3) is 2.97. The van der Waals surface area contributed by atoms with Gasteiger partial charge in [-0.3, -0.25) is 0 Å². The van der Waals surface area contributed by atoms with Crippen LogP contribution in [0.25, 0.3) is 0 Å².